The number of likely N-dealkylation sites (N-methyl/N-ethyl adjacent to an activating group) is 1. The summed E-state index contributed by atoms with van der Waals surface area (Å²) in [5.74, 6) is 0.273. The van der Waals surface area contributed by atoms with Crippen molar-refractivity contribution in [2.75, 3.05) is 25.6 Å². The number of benzene rings is 2. The highest BCUT2D eigenvalue weighted by atomic mass is 16.5. The number of urea groups is 1. The van der Waals surface area contributed by atoms with Gasteiger partial charge in [0.15, 0.2) is 0 Å². The van der Waals surface area contributed by atoms with Crippen LogP contribution < -0.4 is 20.3 Å². The third-order valence-corrected chi connectivity index (χ3v) is 3.43. The number of nitrogens with zero attached hydrogens (tertiary/aromatic N) is 1. The molecule has 126 valence electrons. The molecule has 24 heavy (non-hydrogen) atoms. The van der Waals surface area contributed by atoms with Crippen LogP contribution in [-0.4, -0.2) is 32.6 Å². The number of nitrogens with one attached hydrogen (secondary N) is 2. The minimum Gasteiger partial charge on any atom is -0.495 e. The highest BCUT2D eigenvalue weighted by Crippen LogP contribution is 2.26. The van der Waals surface area contributed by atoms with Crippen molar-refractivity contribution in [3.63, 3.8) is 0 Å². The van der Waals surface area contributed by atoms with E-state index in [1.807, 2.05) is 54.6 Å². The van der Waals surface area contributed by atoms with Crippen molar-refractivity contribution >= 4 is 17.6 Å². The van der Waals surface area contributed by atoms with Crippen LogP contribution in [-0.2, 0) is 11.3 Å². The van der Waals surface area contributed by atoms with Gasteiger partial charge in [0.25, 0.3) is 0 Å². The van der Waals surface area contributed by atoms with Gasteiger partial charge < -0.3 is 15.0 Å². The van der Waals surface area contributed by atoms with Gasteiger partial charge in [-0.15, -0.1) is 0 Å². The van der Waals surface area contributed by atoms with E-state index in [-0.39, 0.29) is 6.54 Å². The van der Waals surface area contributed by atoms with E-state index in [2.05, 4.69) is 10.6 Å². The SMILES string of the molecule is COc1ccccc1N(C)CC(=O)NC(=O)NCc1ccccc1. The first-order valence-corrected chi connectivity index (χ1v) is 7.56. The first-order valence-electron chi connectivity index (χ1n) is 7.56. The van der Waals surface area contributed by atoms with Crippen molar-refractivity contribution < 1.29 is 14.3 Å². The second kappa shape index (κ2) is 8.57. The van der Waals surface area contributed by atoms with Crippen molar-refractivity contribution in [3.05, 3.63) is 60.2 Å². The monoisotopic (exact) mass is 327 g/mol. The zero-order chi connectivity index (χ0) is 17.4. The topological polar surface area (TPSA) is 70.7 Å². The van der Waals surface area contributed by atoms with Crippen LogP contribution in [0.1, 0.15) is 5.56 Å². The van der Waals surface area contributed by atoms with Gasteiger partial charge in [0.05, 0.1) is 19.3 Å². The molecule has 0 atom stereocenters. The molecule has 0 fully saturated rings. The molecular weight excluding hydrogens is 306 g/mol. The number of carbonyl (C=O) groups is 2. The zero-order valence-electron chi connectivity index (χ0n) is 13.8. The Kier molecular flexibility index (Phi) is 6.19. The molecular formula is C18H21N3O3. The second-order valence-electron chi connectivity index (χ2n) is 5.24. The van der Waals surface area contributed by atoms with Crippen molar-refractivity contribution in [2.45, 2.75) is 6.54 Å². The second-order valence-corrected chi connectivity index (χ2v) is 5.24. The summed E-state index contributed by atoms with van der Waals surface area (Å²) in [6.45, 7) is 0.404. The number of para-hydroxylation sites is 2. The van der Waals surface area contributed by atoms with Gasteiger partial charge in [0.1, 0.15) is 5.75 Å². The highest BCUT2D eigenvalue weighted by Gasteiger charge is 2.13. The smallest absolute Gasteiger partial charge is 0.321 e. The van der Waals surface area contributed by atoms with Crippen LogP contribution in [0.15, 0.2) is 54.6 Å². The Labute approximate surface area is 141 Å². The normalized spacial score (nSPS) is 9.92. The van der Waals surface area contributed by atoms with Crippen LogP contribution in [0.2, 0.25) is 0 Å². The van der Waals surface area contributed by atoms with E-state index < -0.39 is 11.9 Å². The zero-order valence-corrected chi connectivity index (χ0v) is 13.8. The number of rotatable bonds is 6. The Balaban J connectivity index is 1.82. The third kappa shape index (κ3) is 5.01. The molecule has 0 heterocycles. The quantitative estimate of drug-likeness (QED) is 0.853. The van der Waals surface area contributed by atoms with Gasteiger partial charge in [-0.25, -0.2) is 4.79 Å². The lowest BCUT2D eigenvalue weighted by Crippen LogP contribution is -2.43. The predicted molar refractivity (Wildman–Crippen MR) is 93.1 cm³/mol. The lowest BCUT2D eigenvalue weighted by molar-refractivity contribution is -0.118. The van der Waals surface area contributed by atoms with Gasteiger partial charge in [-0.1, -0.05) is 42.5 Å². The predicted octanol–water partition coefficient (Wildman–Crippen LogP) is 2.16. The summed E-state index contributed by atoms with van der Waals surface area (Å²) in [5.41, 5.74) is 1.74. The molecule has 0 aliphatic carbocycles. The number of hydrogen-bond acceptors (Lipinski definition) is 4. The third-order valence-electron chi connectivity index (χ3n) is 3.43. The molecule has 0 aromatic heterocycles. The molecule has 0 bridgehead atoms. The van der Waals surface area contributed by atoms with E-state index in [0.717, 1.165) is 11.3 Å². The van der Waals surface area contributed by atoms with E-state index in [1.54, 1.807) is 19.1 Å². The molecule has 6 heteroatoms. The van der Waals surface area contributed by atoms with Crippen molar-refractivity contribution in [1.29, 1.82) is 0 Å². The summed E-state index contributed by atoms with van der Waals surface area (Å²) in [6.07, 6.45) is 0. The van der Waals surface area contributed by atoms with Gasteiger partial charge in [-0.05, 0) is 17.7 Å². The molecule has 0 radical (unpaired) electrons. The summed E-state index contributed by atoms with van der Waals surface area (Å²) in [4.78, 5) is 25.5. The van der Waals surface area contributed by atoms with Crippen LogP contribution >= 0.6 is 0 Å². The van der Waals surface area contributed by atoms with Crippen molar-refractivity contribution in [2.24, 2.45) is 0 Å². The van der Waals surface area contributed by atoms with Gasteiger partial charge in [-0.2, -0.15) is 0 Å². The van der Waals surface area contributed by atoms with E-state index in [9.17, 15) is 9.59 Å². The molecule has 0 aliphatic heterocycles. The maximum absolute atomic E-state index is 12.0. The molecule has 0 saturated heterocycles. The van der Waals surface area contributed by atoms with E-state index in [4.69, 9.17) is 4.74 Å². The van der Waals surface area contributed by atoms with Crippen LogP contribution in [0.3, 0.4) is 0 Å². The van der Waals surface area contributed by atoms with Gasteiger partial charge in [0, 0.05) is 13.6 Å². The average Bonchev–Trinajstić information content (AvgIpc) is 2.60. The Hall–Kier alpha value is -3.02. The number of carbonyl (C=O) groups excluding carboxylic acids is 2. The lowest BCUT2D eigenvalue weighted by Gasteiger charge is -2.20. The lowest BCUT2D eigenvalue weighted by atomic mass is 10.2. The average molecular weight is 327 g/mol. The van der Waals surface area contributed by atoms with E-state index >= 15 is 0 Å². The van der Waals surface area contributed by atoms with Crippen molar-refractivity contribution in [3.8, 4) is 5.75 Å². The van der Waals surface area contributed by atoms with Crippen molar-refractivity contribution in [1.82, 2.24) is 10.6 Å². The molecule has 0 aliphatic rings. The minimum atomic E-state index is -0.516. The van der Waals surface area contributed by atoms with Crippen LogP contribution in [0.5, 0.6) is 5.75 Å². The number of imide groups is 1. The first kappa shape index (κ1) is 17.3. The van der Waals surface area contributed by atoms with Crippen LogP contribution in [0.4, 0.5) is 10.5 Å². The summed E-state index contributed by atoms with van der Waals surface area (Å²) >= 11 is 0. The number of ether oxygens (including phenoxy) is 1. The molecule has 2 N–H and O–H groups in total. The Morgan fingerprint density at radius 1 is 1.04 bits per heavy atom. The number of anilines is 1. The summed E-state index contributed by atoms with van der Waals surface area (Å²) in [5, 5.41) is 4.97. The fraction of sp³-hybridized carbons (Fsp3) is 0.222. The molecule has 6 nitrogen and oxygen atoms in total. The Morgan fingerprint density at radius 2 is 1.71 bits per heavy atom. The molecule has 2 aromatic rings. The van der Waals surface area contributed by atoms with Gasteiger partial charge >= 0.3 is 6.03 Å². The van der Waals surface area contributed by atoms with E-state index in [0.29, 0.717) is 12.3 Å². The number of amides is 3. The molecule has 2 aromatic carbocycles. The first-order chi connectivity index (χ1) is 11.6. The molecule has 0 saturated carbocycles. The number of methoxy groups -OCH3 is 1. The fourth-order valence-electron chi connectivity index (χ4n) is 2.23. The summed E-state index contributed by atoms with van der Waals surface area (Å²) < 4.78 is 5.26. The van der Waals surface area contributed by atoms with Gasteiger partial charge in [0.2, 0.25) is 5.91 Å². The fourth-order valence-corrected chi connectivity index (χ4v) is 2.23. The molecule has 0 unspecified atom stereocenters. The molecule has 0 spiro atoms. The van der Waals surface area contributed by atoms with Crippen LogP contribution in [0.25, 0.3) is 0 Å². The minimum absolute atomic E-state index is 0.0408. The van der Waals surface area contributed by atoms with E-state index in [1.165, 1.54) is 0 Å². The van der Waals surface area contributed by atoms with Crippen LogP contribution in [0, 0.1) is 0 Å². The number of hydrogen-bond donors (Lipinski definition) is 2. The highest BCUT2D eigenvalue weighted by molar-refractivity contribution is 5.96. The molecule has 2 rings (SSSR count). The van der Waals surface area contributed by atoms with Gasteiger partial charge in [-0.3, -0.25) is 10.1 Å². The summed E-state index contributed by atoms with van der Waals surface area (Å²) in [6, 6.07) is 16.3. The Bertz CT molecular complexity index is 689. The standard InChI is InChI=1S/C18H21N3O3/c1-21(15-10-6-7-11-16(15)24-2)13-17(22)20-18(23)19-12-14-8-4-3-5-9-14/h3-11H,12-13H2,1-2H3,(H2,19,20,22,23). The summed E-state index contributed by atoms with van der Waals surface area (Å²) in [7, 11) is 3.34. The maximum Gasteiger partial charge on any atom is 0.321 e. The maximum atomic E-state index is 12.0. The molecule has 3 amide bonds. The Morgan fingerprint density at radius 3 is 2.42 bits per heavy atom. The largest absolute Gasteiger partial charge is 0.495 e.